The number of carbonyl (C=O) groups excluding carboxylic acids is 1. The third-order valence-corrected chi connectivity index (χ3v) is 11.0. The smallest absolute Gasteiger partial charge is 0.335 e. The number of nitriles is 1. The summed E-state index contributed by atoms with van der Waals surface area (Å²) in [5.41, 5.74) is -0.103. The Balaban J connectivity index is 1.25. The van der Waals surface area contributed by atoms with Crippen LogP contribution in [0.3, 0.4) is 0 Å². The Kier molecular flexibility index (Phi) is 9.90. The molecule has 1 aromatic carbocycles. The molecule has 2 saturated heterocycles. The number of carboxylic acid groups (broad SMARTS) is 1. The van der Waals surface area contributed by atoms with Crippen LogP contribution in [0.25, 0.3) is 22.3 Å². The van der Waals surface area contributed by atoms with E-state index in [4.69, 9.17) is 9.47 Å². The SMILES string of the molecule is CCS(=O)(=O)N1CC(CC#N)(n2cc(-c3ncnc4c3ccn4C(=O)N(C)Cc3cc([N+](=O)[O-])ccc3O[C@@H]3O[C@H](C(=O)O)[C@@H](O)[C@H](O)[C@H]3O)cn2)C1. The number of sulfonamides is 1. The van der Waals surface area contributed by atoms with Crippen LogP contribution in [0.2, 0.25) is 0 Å². The van der Waals surface area contributed by atoms with E-state index in [-0.39, 0.29) is 54.5 Å². The van der Waals surface area contributed by atoms with Crippen molar-refractivity contribution < 1.29 is 52.8 Å². The van der Waals surface area contributed by atoms with E-state index in [9.17, 15) is 53.8 Å². The number of carboxylic acids is 1. The predicted octanol–water partition coefficient (Wildman–Crippen LogP) is -0.152. The average Bonchev–Trinajstić information content (AvgIpc) is 3.78. The molecule has 5 atom stereocenters. The van der Waals surface area contributed by atoms with Crippen LogP contribution in [0.1, 0.15) is 18.9 Å². The molecule has 2 aliphatic heterocycles. The molecule has 0 spiro atoms. The van der Waals surface area contributed by atoms with Crippen LogP contribution in [-0.2, 0) is 31.6 Å². The van der Waals surface area contributed by atoms with Crippen molar-refractivity contribution in [3.05, 3.63) is 64.9 Å². The number of hydrogen-bond donors (Lipinski definition) is 4. The molecule has 0 bridgehead atoms. The normalized spacial score (nSPS) is 22.8. The summed E-state index contributed by atoms with van der Waals surface area (Å²) in [5.74, 6) is -1.86. The number of benzene rings is 1. The Morgan fingerprint density at radius 3 is 2.58 bits per heavy atom. The van der Waals surface area contributed by atoms with Gasteiger partial charge in [0.15, 0.2) is 11.8 Å². The second kappa shape index (κ2) is 14.1. The van der Waals surface area contributed by atoms with Crippen molar-refractivity contribution in [3.63, 3.8) is 0 Å². The van der Waals surface area contributed by atoms with E-state index in [0.717, 1.165) is 18.2 Å². The molecule has 1 amide bonds. The van der Waals surface area contributed by atoms with Gasteiger partial charge in [-0.3, -0.25) is 19.4 Å². The second-order valence-electron chi connectivity index (χ2n) is 12.6. The van der Waals surface area contributed by atoms with Gasteiger partial charge in [0.2, 0.25) is 16.3 Å². The van der Waals surface area contributed by atoms with E-state index in [1.807, 2.05) is 0 Å². The van der Waals surface area contributed by atoms with Crippen molar-refractivity contribution in [2.24, 2.45) is 0 Å². The minimum absolute atomic E-state index is 0.0137. The molecule has 53 heavy (non-hydrogen) atoms. The van der Waals surface area contributed by atoms with Gasteiger partial charge < -0.3 is 34.8 Å². The standard InChI is InChI=1S/C31H33N9O12S/c1-3-53(49,50)37-14-31(15-37,7-8-32)39-13-18(11-35-39)22-20-6-9-38(27(20)34-16-33-22)30(46)36(2)12-17-10-19(40(47)48)4-5-21(17)51-29-25(43)23(41)24(42)26(52-29)28(44)45/h4-6,9-11,13,16,23-26,29,41-43H,3,7,12,14-15H2,1-2H3,(H,44,45)/t23-,24-,25+,26-,29+/m0/s1. The maximum Gasteiger partial charge on any atom is 0.335 e. The van der Waals surface area contributed by atoms with Crippen molar-refractivity contribution in [2.75, 3.05) is 25.9 Å². The molecule has 0 unspecified atom stereocenters. The average molecular weight is 756 g/mol. The highest BCUT2D eigenvalue weighted by Gasteiger charge is 2.50. The predicted molar refractivity (Wildman–Crippen MR) is 178 cm³/mol. The molecule has 5 heterocycles. The van der Waals surface area contributed by atoms with Crippen LogP contribution < -0.4 is 4.74 Å². The number of ether oxygens (including phenoxy) is 2. The van der Waals surface area contributed by atoms with E-state index in [1.54, 1.807) is 23.9 Å². The second-order valence-corrected chi connectivity index (χ2v) is 14.8. The number of nitro benzene ring substituents is 1. The van der Waals surface area contributed by atoms with Crippen molar-refractivity contribution in [3.8, 4) is 23.1 Å². The third-order valence-electron chi connectivity index (χ3n) is 9.18. The van der Waals surface area contributed by atoms with E-state index in [2.05, 4.69) is 21.1 Å². The van der Waals surface area contributed by atoms with E-state index in [1.165, 1.54) is 39.5 Å². The van der Waals surface area contributed by atoms with Crippen molar-refractivity contribution in [1.82, 2.24) is 33.5 Å². The molecule has 2 aliphatic rings. The monoisotopic (exact) mass is 755 g/mol. The Bertz CT molecular complexity index is 2230. The number of nitro groups is 1. The lowest BCUT2D eigenvalue weighted by atomic mass is 9.89. The molecule has 22 heteroatoms. The number of non-ortho nitro benzene ring substituents is 1. The molecule has 0 radical (unpaired) electrons. The van der Waals surface area contributed by atoms with Crippen LogP contribution >= 0.6 is 0 Å². The van der Waals surface area contributed by atoms with Crippen molar-refractivity contribution in [2.45, 2.75) is 56.1 Å². The minimum atomic E-state index is -3.46. The quantitative estimate of drug-likeness (QED) is 0.114. The van der Waals surface area contributed by atoms with E-state index < -0.39 is 63.2 Å². The fourth-order valence-corrected chi connectivity index (χ4v) is 7.45. The Morgan fingerprint density at radius 2 is 1.92 bits per heavy atom. The van der Waals surface area contributed by atoms with E-state index >= 15 is 0 Å². The number of fused-ring (bicyclic) bond motifs is 1. The number of aliphatic hydroxyl groups is 3. The summed E-state index contributed by atoms with van der Waals surface area (Å²) < 4.78 is 39.7. The number of aliphatic carboxylic acids is 1. The fraction of sp³-hybridized carbons (Fsp3) is 0.419. The fourth-order valence-electron chi connectivity index (χ4n) is 6.21. The molecule has 2 fully saturated rings. The first-order valence-corrected chi connectivity index (χ1v) is 17.6. The lowest BCUT2D eigenvalue weighted by Gasteiger charge is -2.47. The van der Waals surface area contributed by atoms with E-state index in [0.29, 0.717) is 16.6 Å². The van der Waals surface area contributed by atoms with Crippen LogP contribution in [0.5, 0.6) is 5.75 Å². The molecule has 280 valence electrons. The van der Waals surface area contributed by atoms with Crippen LogP contribution in [-0.4, -0.2) is 136 Å². The molecular formula is C31H33N9O12S. The number of rotatable bonds is 11. The number of aliphatic hydroxyl groups excluding tert-OH is 3. The summed E-state index contributed by atoms with van der Waals surface area (Å²) in [6, 6.07) is 6.41. The molecule has 4 aromatic rings. The van der Waals surface area contributed by atoms with Crippen molar-refractivity contribution >= 4 is 38.7 Å². The van der Waals surface area contributed by atoms with Gasteiger partial charge >= 0.3 is 12.0 Å². The first-order valence-electron chi connectivity index (χ1n) is 15.9. The minimum Gasteiger partial charge on any atom is -0.479 e. The van der Waals surface area contributed by atoms with Crippen LogP contribution in [0.4, 0.5) is 10.5 Å². The number of nitrogens with zero attached hydrogens (tertiary/aromatic N) is 9. The first kappa shape index (κ1) is 37.2. The van der Waals surface area contributed by atoms with Crippen molar-refractivity contribution in [1.29, 1.82) is 5.26 Å². The zero-order valence-electron chi connectivity index (χ0n) is 28.0. The number of carbonyl (C=O) groups is 2. The molecule has 0 saturated carbocycles. The maximum absolute atomic E-state index is 13.8. The van der Waals surface area contributed by atoms with Gasteiger partial charge in [-0.15, -0.1) is 0 Å². The zero-order valence-corrected chi connectivity index (χ0v) is 28.8. The molecule has 6 rings (SSSR count). The molecular weight excluding hydrogens is 722 g/mol. The largest absolute Gasteiger partial charge is 0.479 e. The Morgan fingerprint density at radius 1 is 1.19 bits per heavy atom. The van der Waals surface area contributed by atoms with Gasteiger partial charge in [0.05, 0.1) is 41.6 Å². The van der Waals surface area contributed by atoms with Gasteiger partial charge in [-0.2, -0.15) is 14.7 Å². The summed E-state index contributed by atoms with van der Waals surface area (Å²) in [5, 5.41) is 66.0. The summed E-state index contributed by atoms with van der Waals surface area (Å²) >= 11 is 0. The molecule has 21 nitrogen and oxygen atoms in total. The molecule has 3 aromatic heterocycles. The van der Waals surface area contributed by atoms with Gasteiger partial charge in [-0.25, -0.2) is 28.0 Å². The topological polar surface area (TPSA) is 290 Å². The highest BCUT2D eigenvalue weighted by atomic mass is 32.2. The number of amides is 1. The number of hydrogen-bond acceptors (Lipinski definition) is 15. The lowest BCUT2D eigenvalue weighted by molar-refractivity contribution is -0.385. The third kappa shape index (κ3) is 6.76. The highest BCUT2D eigenvalue weighted by molar-refractivity contribution is 7.89. The van der Waals surface area contributed by atoms with Gasteiger partial charge in [-0.05, 0) is 19.1 Å². The van der Waals surface area contributed by atoms with Crippen LogP contribution in [0, 0.1) is 21.4 Å². The summed E-state index contributed by atoms with van der Waals surface area (Å²) in [6.45, 7) is 1.38. The summed E-state index contributed by atoms with van der Waals surface area (Å²) in [7, 11) is -2.06. The Labute approximate surface area is 300 Å². The number of aromatic nitrogens is 5. The maximum atomic E-state index is 13.8. The van der Waals surface area contributed by atoms with Gasteiger partial charge in [0.1, 0.15) is 35.9 Å². The summed E-state index contributed by atoms with van der Waals surface area (Å²) in [4.78, 5) is 46.1. The highest BCUT2D eigenvalue weighted by Crippen LogP contribution is 2.36. The van der Waals surface area contributed by atoms with Gasteiger partial charge in [-0.1, -0.05) is 0 Å². The van der Waals surface area contributed by atoms with Gasteiger partial charge in [0.25, 0.3) is 5.69 Å². The van der Waals surface area contributed by atoms with Gasteiger partial charge in [0, 0.05) is 61.2 Å². The van der Waals surface area contributed by atoms with Crippen LogP contribution in [0.15, 0.2) is 49.2 Å². The Hall–Kier alpha value is -5.57. The molecule has 4 N–H and O–H groups in total. The first-order chi connectivity index (χ1) is 25.1. The summed E-state index contributed by atoms with van der Waals surface area (Å²) in [6.07, 6.45) is -3.76. The lowest BCUT2D eigenvalue weighted by Crippen LogP contribution is -2.64. The zero-order chi connectivity index (χ0) is 38.4. The molecule has 0 aliphatic carbocycles.